The highest BCUT2D eigenvalue weighted by Gasteiger charge is 2.10. The molecule has 3 aromatic carbocycles. The van der Waals surface area contributed by atoms with E-state index in [1.807, 2.05) is 19.1 Å². The Labute approximate surface area is 167 Å². The molecular formula is C22H19N3O4. The summed E-state index contributed by atoms with van der Waals surface area (Å²) in [5, 5.41) is 25.6. The summed E-state index contributed by atoms with van der Waals surface area (Å²) in [4.78, 5) is 24.7. The molecular weight excluding hydrogens is 370 g/mol. The lowest BCUT2D eigenvalue weighted by molar-refractivity contribution is 0.0953. The average molecular weight is 389 g/mol. The van der Waals surface area contributed by atoms with Crippen molar-refractivity contribution in [3.8, 4) is 11.5 Å². The SMILES string of the molecule is Cc1ccccc1C(=O)Nc1cccc(C(=O)N/N=C\c2ccc(O)cc2O)c1. The quantitative estimate of drug-likeness (QED) is 0.396. The first kappa shape index (κ1) is 19.6. The predicted molar refractivity (Wildman–Crippen MR) is 110 cm³/mol. The topological polar surface area (TPSA) is 111 Å². The highest BCUT2D eigenvalue weighted by molar-refractivity contribution is 6.06. The second kappa shape index (κ2) is 8.71. The number of hydrazone groups is 1. The lowest BCUT2D eigenvalue weighted by atomic mass is 10.1. The Morgan fingerprint density at radius 3 is 2.48 bits per heavy atom. The van der Waals surface area contributed by atoms with Crippen molar-refractivity contribution in [2.45, 2.75) is 6.92 Å². The van der Waals surface area contributed by atoms with E-state index in [9.17, 15) is 19.8 Å². The number of amides is 2. The van der Waals surface area contributed by atoms with Gasteiger partial charge < -0.3 is 15.5 Å². The van der Waals surface area contributed by atoms with Crippen LogP contribution in [0.5, 0.6) is 11.5 Å². The van der Waals surface area contributed by atoms with Gasteiger partial charge in [0, 0.05) is 28.4 Å². The van der Waals surface area contributed by atoms with Crippen molar-refractivity contribution in [2.24, 2.45) is 5.10 Å². The average Bonchev–Trinajstić information content (AvgIpc) is 2.70. The van der Waals surface area contributed by atoms with Crippen LogP contribution in [0.25, 0.3) is 0 Å². The summed E-state index contributed by atoms with van der Waals surface area (Å²) in [5.74, 6) is -0.981. The standard InChI is InChI=1S/C22H19N3O4/c1-14-5-2-3-8-19(14)22(29)24-17-7-4-6-15(11-17)21(28)25-23-13-16-9-10-18(26)12-20(16)27/h2-13,26-27H,1H3,(H,24,29)(H,25,28)/b23-13-. The molecule has 2 amide bonds. The zero-order valence-corrected chi connectivity index (χ0v) is 15.6. The van der Waals surface area contributed by atoms with Crippen LogP contribution in [0.1, 0.15) is 31.8 Å². The second-order valence-corrected chi connectivity index (χ2v) is 6.29. The minimum absolute atomic E-state index is 0.0757. The lowest BCUT2D eigenvalue weighted by Crippen LogP contribution is -2.18. The molecule has 0 heterocycles. The Hall–Kier alpha value is -4.13. The third-order valence-electron chi connectivity index (χ3n) is 4.16. The molecule has 0 aliphatic heterocycles. The van der Waals surface area contributed by atoms with E-state index < -0.39 is 5.91 Å². The van der Waals surface area contributed by atoms with Gasteiger partial charge in [-0.05, 0) is 48.9 Å². The Bertz CT molecular complexity index is 1090. The summed E-state index contributed by atoms with van der Waals surface area (Å²) in [6.07, 6.45) is 1.26. The largest absolute Gasteiger partial charge is 0.508 e. The monoisotopic (exact) mass is 389 g/mol. The van der Waals surface area contributed by atoms with Gasteiger partial charge in [0.1, 0.15) is 11.5 Å². The Morgan fingerprint density at radius 1 is 0.931 bits per heavy atom. The molecule has 3 rings (SSSR count). The lowest BCUT2D eigenvalue weighted by Gasteiger charge is -2.08. The third kappa shape index (κ3) is 4.98. The molecule has 0 fully saturated rings. The van der Waals surface area contributed by atoms with Crippen molar-refractivity contribution >= 4 is 23.7 Å². The minimum Gasteiger partial charge on any atom is -0.508 e. The van der Waals surface area contributed by atoms with E-state index in [1.54, 1.807) is 36.4 Å². The molecule has 0 saturated carbocycles. The van der Waals surface area contributed by atoms with Crippen LogP contribution in [-0.2, 0) is 0 Å². The highest BCUT2D eigenvalue weighted by atomic mass is 16.3. The number of aryl methyl sites for hydroxylation is 1. The molecule has 146 valence electrons. The van der Waals surface area contributed by atoms with E-state index in [0.717, 1.165) is 5.56 Å². The first-order valence-corrected chi connectivity index (χ1v) is 8.76. The fraction of sp³-hybridized carbons (Fsp3) is 0.0455. The van der Waals surface area contributed by atoms with E-state index in [-0.39, 0.29) is 17.4 Å². The van der Waals surface area contributed by atoms with Crippen molar-refractivity contribution in [3.05, 3.63) is 89.0 Å². The first-order chi connectivity index (χ1) is 13.9. The number of rotatable bonds is 5. The van der Waals surface area contributed by atoms with Gasteiger partial charge in [-0.25, -0.2) is 5.43 Å². The third-order valence-corrected chi connectivity index (χ3v) is 4.16. The van der Waals surface area contributed by atoms with Crippen molar-refractivity contribution in [3.63, 3.8) is 0 Å². The number of aromatic hydroxyl groups is 2. The van der Waals surface area contributed by atoms with E-state index in [1.165, 1.54) is 24.4 Å². The number of phenols is 2. The van der Waals surface area contributed by atoms with Gasteiger partial charge in [-0.15, -0.1) is 0 Å². The number of carbonyl (C=O) groups is 2. The van der Waals surface area contributed by atoms with E-state index >= 15 is 0 Å². The van der Waals surface area contributed by atoms with E-state index in [0.29, 0.717) is 22.4 Å². The zero-order valence-electron chi connectivity index (χ0n) is 15.6. The van der Waals surface area contributed by atoms with Gasteiger partial charge in [-0.3, -0.25) is 9.59 Å². The van der Waals surface area contributed by atoms with E-state index in [4.69, 9.17) is 0 Å². The van der Waals surface area contributed by atoms with Gasteiger partial charge in [-0.1, -0.05) is 24.3 Å². The smallest absolute Gasteiger partial charge is 0.271 e. The van der Waals surface area contributed by atoms with Gasteiger partial charge in [0.05, 0.1) is 6.21 Å². The summed E-state index contributed by atoms with van der Waals surface area (Å²) >= 11 is 0. The van der Waals surface area contributed by atoms with Crippen molar-refractivity contribution in [1.82, 2.24) is 5.43 Å². The van der Waals surface area contributed by atoms with Crippen LogP contribution >= 0.6 is 0 Å². The molecule has 7 heteroatoms. The van der Waals surface area contributed by atoms with Crippen LogP contribution < -0.4 is 10.7 Å². The Balaban J connectivity index is 1.67. The fourth-order valence-corrected chi connectivity index (χ4v) is 2.63. The van der Waals surface area contributed by atoms with Crippen LogP contribution in [0.15, 0.2) is 71.8 Å². The molecule has 0 aliphatic rings. The maximum Gasteiger partial charge on any atom is 0.271 e. The van der Waals surface area contributed by atoms with Gasteiger partial charge >= 0.3 is 0 Å². The molecule has 0 atom stereocenters. The summed E-state index contributed by atoms with van der Waals surface area (Å²) in [6.45, 7) is 1.85. The Kier molecular flexibility index (Phi) is 5.89. The number of phenolic OH excluding ortho intramolecular Hbond substituents is 2. The van der Waals surface area contributed by atoms with Gasteiger partial charge in [0.15, 0.2) is 0 Å². The zero-order chi connectivity index (χ0) is 20.8. The number of hydrogen-bond donors (Lipinski definition) is 4. The van der Waals surface area contributed by atoms with Crippen molar-refractivity contribution in [1.29, 1.82) is 0 Å². The second-order valence-electron chi connectivity index (χ2n) is 6.29. The summed E-state index contributed by atoms with van der Waals surface area (Å²) in [5.41, 5.74) is 4.88. The molecule has 0 aliphatic carbocycles. The van der Waals surface area contributed by atoms with Crippen LogP contribution in [-0.4, -0.2) is 28.2 Å². The highest BCUT2D eigenvalue weighted by Crippen LogP contribution is 2.20. The molecule has 29 heavy (non-hydrogen) atoms. The van der Waals surface area contributed by atoms with Crippen LogP contribution in [0.4, 0.5) is 5.69 Å². The summed E-state index contributed by atoms with van der Waals surface area (Å²) in [6, 6.07) is 17.7. The molecule has 3 aromatic rings. The van der Waals surface area contributed by atoms with Crippen LogP contribution in [0.2, 0.25) is 0 Å². The number of hydrogen-bond acceptors (Lipinski definition) is 5. The normalized spacial score (nSPS) is 10.7. The molecule has 0 bridgehead atoms. The molecule has 0 radical (unpaired) electrons. The van der Waals surface area contributed by atoms with Crippen molar-refractivity contribution in [2.75, 3.05) is 5.32 Å². The fourth-order valence-electron chi connectivity index (χ4n) is 2.63. The number of nitrogens with one attached hydrogen (secondary N) is 2. The molecule has 0 aromatic heterocycles. The Morgan fingerprint density at radius 2 is 1.72 bits per heavy atom. The van der Waals surface area contributed by atoms with Gasteiger partial charge in [0.25, 0.3) is 11.8 Å². The molecule has 0 unspecified atom stereocenters. The number of carbonyl (C=O) groups excluding carboxylic acids is 2. The maximum absolute atomic E-state index is 12.4. The molecule has 0 saturated heterocycles. The van der Waals surface area contributed by atoms with Crippen molar-refractivity contribution < 1.29 is 19.8 Å². The number of nitrogens with zero attached hydrogens (tertiary/aromatic N) is 1. The van der Waals surface area contributed by atoms with Gasteiger partial charge in [0.2, 0.25) is 0 Å². The maximum atomic E-state index is 12.4. The first-order valence-electron chi connectivity index (χ1n) is 8.76. The van der Waals surface area contributed by atoms with E-state index in [2.05, 4.69) is 15.8 Å². The van der Waals surface area contributed by atoms with Gasteiger partial charge in [-0.2, -0.15) is 5.10 Å². The molecule has 0 spiro atoms. The van der Waals surface area contributed by atoms with Crippen LogP contribution in [0.3, 0.4) is 0 Å². The van der Waals surface area contributed by atoms with Crippen LogP contribution in [0, 0.1) is 6.92 Å². The summed E-state index contributed by atoms with van der Waals surface area (Å²) in [7, 11) is 0. The number of benzene rings is 3. The minimum atomic E-state index is -0.480. The number of anilines is 1. The molecule has 7 nitrogen and oxygen atoms in total. The molecule has 4 N–H and O–H groups in total. The summed E-state index contributed by atoms with van der Waals surface area (Å²) < 4.78 is 0. The predicted octanol–water partition coefficient (Wildman–Crippen LogP) is 3.42.